The Labute approximate surface area is 119 Å². The van der Waals surface area contributed by atoms with E-state index in [1.165, 1.54) is 5.56 Å². The van der Waals surface area contributed by atoms with Crippen LogP contribution in [0.15, 0.2) is 30.3 Å². The molecule has 0 spiro atoms. The average molecular weight is 275 g/mol. The van der Waals surface area contributed by atoms with E-state index in [0.717, 1.165) is 12.8 Å². The fourth-order valence-electron chi connectivity index (χ4n) is 2.32. The molecule has 5 heteroatoms. The quantitative estimate of drug-likeness (QED) is 0.829. The summed E-state index contributed by atoms with van der Waals surface area (Å²) < 4.78 is 0. The maximum Gasteiger partial charge on any atom is 0.239 e. The number of hydrogen-bond acceptors (Lipinski definition) is 3. The predicted octanol–water partition coefficient (Wildman–Crippen LogP) is 0.295. The zero-order chi connectivity index (χ0) is 14.4. The molecule has 20 heavy (non-hydrogen) atoms. The molecule has 1 aliphatic rings. The van der Waals surface area contributed by atoms with Crippen LogP contribution in [-0.4, -0.2) is 42.4 Å². The van der Waals surface area contributed by atoms with Crippen LogP contribution in [0, 0.1) is 0 Å². The average Bonchev–Trinajstić information content (AvgIpc) is 2.69. The van der Waals surface area contributed by atoms with Gasteiger partial charge < -0.3 is 16.0 Å². The minimum absolute atomic E-state index is 0.105. The zero-order valence-corrected chi connectivity index (χ0v) is 11.5. The molecular formula is C15H21N3O2. The Morgan fingerprint density at radius 3 is 2.85 bits per heavy atom. The van der Waals surface area contributed by atoms with Crippen LogP contribution < -0.4 is 11.1 Å². The number of carbonyl (C=O) groups is 2. The van der Waals surface area contributed by atoms with Gasteiger partial charge in [-0.25, -0.2) is 0 Å². The zero-order valence-electron chi connectivity index (χ0n) is 11.5. The molecule has 5 nitrogen and oxygen atoms in total. The molecule has 1 fully saturated rings. The molecule has 0 saturated carbocycles. The Hall–Kier alpha value is -1.88. The molecule has 2 amide bonds. The predicted molar refractivity (Wildman–Crippen MR) is 76.9 cm³/mol. The molecule has 2 rings (SSSR count). The van der Waals surface area contributed by atoms with Gasteiger partial charge in [-0.3, -0.25) is 9.59 Å². The Balaban J connectivity index is 1.86. The molecule has 108 valence electrons. The van der Waals surface area contributed by atoms with Crippen molar-refractivity contribution in [1.29, 1.82) is 0 Å². The highest BCUT2D eigenvalue weighted by atomic mass is 16.2. The minimum atomic E-state index is -0.541. The summed E-state index contributed by atoms with van der Waals surface area (Å²) in [5.41, 5.74) is 7.14. The lowest BCUT2D eigenvalue weighted by Gasteiger charge is -2.22. The monoisotopic (exact) mass is 275 g/mol. The number of amides is 2. The standard InChI is InChI=1S/C15H21N3O2/c16-13(8-7-12-5-2-1-3-6-12)15(20)18-10-4-9-17-14(19)11-18/h1-3,5-6,13H,4,7-11,16H2,(H,17,19). The molecular weight excluding hydrogens is 254 g/mol. The van der Waals surface area contributed by atoms with Gasteiger partial charge in [0.15, 0.2) is 0 Å². The number of benzene rings is 1. The van der Waals surface area contributed by atoms with Crippen molar-refractivity contribution in [3.63, 3.8) is 0 Å². The fraction of sp³-hybridized carbons (Fsp3) is 0.467. The Kier molecular flexibility index (Phi) is 5.12. The van der Waals surface area contributed by atoms with Crippen molar-refractivity contribution < 1.29 is 9.59 Å². The maximum atomic E-state index is 12.2. The van der Waals surface area contributed by atoms with Gasteiger partial charge in [-0.05, 0) is 24.8 Å². The SMILES string of the molecule is NC(CCc1ccccc1)C(=O)N1CCCNC(=O)C1. The topological polar surface area (TPSA) is 75.4 Å². The highest BCUT2D eigenvalue weighted by molar-refractivity contribution is 5.87. The highest BCUT2D eigenvalue weighted by Crippen LogP contribution is 2.07. The van der Waals surface area contributed by atoms with E-state index in [2.05, 4.69) is 5.32 Å². The molecule has 0 aromatic heterocycles. The maximum absolute atomic E-state index is 12.2. The third kappa shape index (κ3) is 4.06. The minimum Gasteiger partial charge on any atom is -0.354 e. The van der Waals surface area contributed by atoms with Gasteiger partial charge in [0.2, 0.25) is 11.8 Å². The van der Waals surface area contributed by atoms with E-state index in [4.69, 9.17) is 5.73 Å². The molecule has 1 heterocycles. The number of hydrogen-bond donors (Lipinski definition) is 2. The second-order valence-corrected chi connectivity index (χ2v) is 5.09. The summed E-state index contributed by atoms with van der Waals surface area (Å²) in [4.78, 5) is 25.3. The fourth-order valence-corrected chi connectivity index (χ4v) is 2.32. The first kappa shape index (κ1) is 14.5. The van der Waals surface area contributed by atoms with Crippen molar-refractivity contribution in [2.75, 3.05) is 19.6 Å². The number of nitrogens with one attached hydrogen (secondary N) is 1. The second-order valence-electron chi connectivity index (χ2n) is 5.09. The smallest absolute Gasteiger partial charge is 0.239 e. The summed E-state index contributed by atoms with van der Waals surface area (Å²) in [5, 5.41) is 2.75. The lowest BCUT2D eigenvalue weighted by atomic mass is 10.0. The lowest BCUT2D eigenvalue weighted by molar-refractivity contribution is -0.136. The van der Waals surface area contributed by atoms with Gasteiger partial charge in [-0.2, -0.15) is 0 Å². The molecule has 1 aliphatic heterocycles. The summed E-state index contributed by atoms with van der Waals surface area (Å²) in [6, 6.07) is 9.42. The summed E-state index contributed by atoms with van der Waals surface area (Å²) in [6.07, 6.45) is 2.15. The Morgan fingerprint density at radius 1 is 1.35 bits per heavy atom. The van der Waals surface area contributed by atoms with E-state index >= 15 is 0 Å². The van der Waals surface area contributed by atoms with Crippen molar-refractivity contribution >= 4 is 11.8 Å². The van der Waals surface area contributed by atoms with E-state index in [1.54, 1.807) is 4.90 Å². The molecule has 1 aromatic carbocycles. The molecule has 1 unspecified atom stereocenters. The van der Waals surface area contributed by atoms with Crippen molar-refractivity contribution in [3.8, 4) is 0 Å². The van der Waals surface area contributed by atoms with E-state index in [-0.39, 0.29) is 18.4 Å². The number of carbonyl (C=O) groups excluding carboxylic acids is 2. The van der Waals surface area contributed by atoms with Gasteiger partial charge in [-0.1, -0.05) is 30.3 Å². The van der Waals surface area contributed by atoms with Crippen LogP contribution in [0.4, 0.5) is 0 Å². The lowest BCUT2D eigenvalue weighted by Crippen LogP contribution is -2.46. The van der Waals surface area contributed by atoms with Crippen LogP contribution in [0.5, 0.6) is 0 Å². The highest BCUT2D eigenvalue weighted by Gasteiger charge is 2.24. The molecule has 3 N–H and O–H groups in total. The number of aryl methyl sites for hydroxylation is 1. The molecule has 1 aromatic rings. The molecule has 1 atom stereocenters. The van der Waals surface area contributed by atoms with E-state index in [0.29, 0.717) is 19.5 Å². The first-order valence-corrected chi connectivity index (χ1v) is 7.02. The summed E-state index contributed by atoms with van der Waals surface area (Å²) in [7, 11) is 0. The number of nitrogens with two attached hydrogens (primary N) is 1. The van der Waals surface area contributed by atoms with Crippen molar-refractivity contribution in [3.05, 3.63) is 35.9 Å². The van der Waals surface area contributed by atoms with Gasteiger partial charge in [0, 0.05) is 13.1 Å². The number of rotatable bonds is 4. The van der Waals surface area contributed by atoms with Crippen LogP contribution in [0.1, 0.15) is 18.4 Å². The first-order chi connectivity index (χ1) is 9.66. The number of nitrogens with zero attached hydrogens (tertiary/aromatic N) is 1. The summed E-state index contributed by atoms with van der Waals surface area (Å²) in [6.45, 7) is 1.34. The van der Waals surface area contributed by atoms with Crippen LogP contribution in [0.2, 0.25) is 0 Å². The second kappa shape index (κ2) is 7.05. The Morgan fingerprint density at radius 2 is 2.10 bits per heavy atom. The van der Waals surface area contributed by atoms with Crippen LogP contribution in [0.25, 0.3) is 0 Å². The van der Waals surface area contributed by atoms with E-state index < -0.39 is 6.04 Å². The molecule has 1 saturated heterocycles. The van der Waals surface area contributed by atoms with Crippen LogP contribution in [-0.2, 0) is 16.0 Å². The van der Waals surface area contributed by atoms with Gasteiger partial charge in [-0.15, -0.1) is 0 Å². The Bertz CT molecular complexity index is 461. The van der Waals surface area contributed by atoms with Crippen molar-refractivity contribution in [2.24, 2.45) is 5.73 Å². The first-order valence-electron chi connectivity index (χ1n) is 7.02. The molecule has 0 aliphatic carbocycles. The van der Waals surface area contributed by atoms with Crippen molar-refractivity contribution in [1.82, 2.24) is 10.2 Å². The van der Waals surface area contributed by atoms with E-state index in [1.807, 2.05) is 30.3 Å². The third-order valence-electron chi connectivity index (χ3n) is 3.48. The normalized spacial score (nSPS) is 17.2. The summed E-state index contributed by atoms with van der Waals surface area (Å²) >= 11 is 0. The van der Waals surface area contributed by atoms with Crippen LogP contribution in [0.3, 0.4) is 0 Å². The van der Waals surface area contributed by atoms with Gasteiger partial charge >= 0.3 is 0 Å². The summed E-state index contributed by atoms with van der Waals surface area (Å²) in [5.74, 6) is -0.232. The van der Waals surface area contributed by atoms with E-state index in [9.17, 15) is 9.59 Å². The molecule has 0 bridgehead atoms. The van der Waals surface area contributed by atoms with Gasteiger partial charge in [0.1, 0.15) is 0 Å². The third-order valence-corrected chi connectivity index (χ3v) is 3.48. The van der Waals surface area contributed by atoms with Crippen molar-refractivity contribution in [2.45, 2.75) is 25.3 Å². The van der Waals surface area contributed by atoms with Gasteiger partial charge in [0.05, 0.1) is 12.6 Å². The molecule has 0 radical (unpaired) electrons. The largest absolute Gasteiger partial charge is 0.354 e. The van der Waals surface area contributed by atoms with Gasteiger partial charge in [0.25, 0.3) is 0 Å². The van der Waals surface area contributed by atoms with Crippen LogP contribution >= 0.6 is 0 Å².